The van der Waals surface area contributed by atoms with E-state index in [2.05, 4.69) is 10.5 Å². The van der Waals surface area contributed by atoms with Crippen molar-refractivity contribution >= 4 is 23.5 Å². The third-order valence-corrected chi connectivity index (χ3v) is 3.23. The highest BCUT2D eigenvalue weighted by atomic mass is 16.6. The van der Waals surface area contributed by atoms with Crippen LogP contribution in [0.4, 0.5) is 11.4 Å². The minimum atomic E-state index is -0.507. The van der Waals surface area contributed by atoms with Gasteiger partial charge in [0.15, 0.2) is 6.61 Å². The summed E-state index contributed by atoms with van der Waals surface area (Å²) in [6, 6.07) is 10.8. The van der Waals surface area contributed by atoms with Crippen molar-refractivity contribution in [3.05, 3.63) is 58.1 Å². The zero-order valence-corrected chi connectivity index (χ0v) is 14.2. The van der Waals surface area contributed by atoms with Gasteiger partial charge in [-0.1, -0.05) is 17.3 Å². The smallest absolute Gasteiger partial charge is 0.270 e. The number of benzene rings is 2. The first-order valence-corrected chi connectivity index (χ1v) is 7.45. The molecule has 0 aliphatic heterocycles. The minimum Gasteiger partial charge on any atom is -0.497 e. The molecule has 9 heteroatoms. The van der Waals surface area contributed by atoms with Crippen LogP contribution in [0, 0.1) is 10.1 Å². The number of nitrogens with zero attached hydrogens (tertiary/aromatic N) is 2. The topological polar surface area (TPSA) is 112 Å². The summed E-state index contributed by atoms with van der Waals surface area (Å²) in [4.78, 5) is 27.1. The molecule has 0 atom stereocenters. The van der Waals surface area contributed by atoms with E-state index in [1.54, 1.807) is 24.3 Å². The third-order valence-electron chi connectivity index (χ3n) is 3.23. The van der Waals surface area contributed by atoms with Crippen molar-refractivity contribution in [1.29, 1.82) is 0 Å². The molecule has 2 aromatic rings. The largest absolute Gasteiger partial charge is 0.497 e. The van der Waals surface area contributed by atoms with Crippen molar-refractivity contribution in [3.63, 3.8) is 0 Å². The normalized spacial score (nSPS) is 10.4. The van der Waals surface area contributed by atoms with Crippen molar-refractivity contribution in [2.24, 2.45) is 5.16 Å². The van der Waals surface area contributed by atoms with Crippen LogP contribution in [0.5, 0.6) is 11.5 Å². The lowest BCUT2D eigenvalue weighted by molar-refractivity contribution is -0.384. The highest BCUT2D eigenvalue weighted by molar-refractivity contribution is 5.93. The molecule has 0 radical (unpaired) electrons. The monoisotopic (exact) mass is 359 g/mol. The second kappa shape index (κ2) is 9.02. The van der Waals surface area contributed by atoms with Crippen molar-refractivity contribution in [3.8, 4) is 11.5 Å². The number of anilines is 1. The lowest BCUT2D eigenvalue weighted by atomic mass is 10.2. The first-order chi connectivity index (χ1) is 12.5. The molecule has 0 aliphatic carbocycles. The highest BCUT2D eigenvalue weighted by Crippen LogP contribution is 2.28. The van der Waals surface area contributed by atoms with Gasteiger partial charge >= 0.3 is 0 Å². The fourth-order valence-corrected chi connectivity index (χ4v) is 2.01. The molecule has 0 unspecified atom stereocenters. The number of carbonyl (C=O) groups excluding carboxylic acids is 1. The summed E-state index contributed by atoms with van der Waals surface area (Å²) >= 11 is 0. The Bertz CT molecular complexity index is 822. The fraction of sp³-hybridized carbons (Fsp3) is 0.176. The maximum Gasteiger partial charge on any atom is 0.270 e. The maximum atomic E-state index is 11.9. The number of carbonyl (C=O) groups is 1. The molecule has 0 saturated carbocycles. The molecule has 2 rings (SSSR count). The van der Waals surface area contributed by atoms with E-state index in [1.807, 2.05) is 0 Å². The number of hydrogen-bond acceptors (Lipinski definition) is 7. The molecule has 0 aromatic heterocycles. The summed E-state index contributed by atoms with van der Waals surface area (Å²) in [5.74, 6) is 0.581. The van der Waals surface area contributed by atoms with Gasteiger partial charge in [0.05, 0.1) is 31.0 Å². The summed E-state index contributed by atoms with van der Waals surface area (Å²) in [7, 11) is 3.00. The molecule has 9 nitrogen and oxygen atoms in total. The Hall–Kier alpha value is -3.62. The van der Waals surface area contributed by atoms with E-state index in [4.69, 9.17) is 14.3 Å². The molecule has 2 aromatic carbocycles. The predicted molar refractivity (Wildman–Crippen MR) is 94.8 cm³/mol. The van der Waals surface area contributed by atoms with E-state index in [0.29, 0.717) is 22.7 Å². The molecular formula is C17H17N3O6. The van der Waals surface area contributed by atoms with Crippen LogP contribution in [0.1, 0.15) is 5.56 Å². The van der Waals surface area contributed by atoms with E-state index in [1.165, 1.54) is 38.6 Å². The SMILES string of the molecule is COc1ccc(OC)c(NC(=O)CO/N=C\c2cccc([N+](=O)[O-])c2)c1. The van der Waals surface area contributed by atoms with E-state index in [-0.39, 0.29) is 12.3 Å². The van der Waals surface area contributed by atoms with Gasteiger partial charge in [0.25, 0.3) is 11.6 Å². The van der Waals surface area contributed by atoms with Crippen LogP contribution in [0.3, 0.4) is 0 Å². The molecule has 0 bridgehead atoms. The molecular weight excluding hydrogens is 342 g/mol. The molecule has 0 spiro atoms. The number of non-ortho nitro benzene ring substituents is 1. The zero-order valence-electron chi connectivity index (χ0n) is 14.2. The average molecular weight is 359 g/mol. The number of oxime groups is 1. The van der Waals surface area contributed by atoms with Crippen LogP contribution in [0.25, 0.3) is 0 Å². The van der Waals surface area contributed by atoms with Crippen molar-refractivity contribution < 1.29 is 24.0 Å². The Labute approximate surface area is 149 Å². The Morgan fingerprint density at radius 1 is 1.23 bits per heavy atom. The first-order valence-electron chi connectivity index (χ1n) is 7.45. The van der Waals surface area contributed by atoms with Crippen LogP contribution in [-0.4, -0.2) is 37.9 Å². The number of nitrogens with one attached hydrogen (secondary N) is 1. The Kier molecular flexibility index (Phi) is 6.49. The lowest BCUT2D eigenvalue weighted by Gasteiger charge is -2.11. The van der Waals surface area contributed by atoms with Crippen molar-refractivity contribution in [1.82, 2.24) is 0 Å². The quantitative estimate of drug-likeness (QED) is 0.440. The Morgan fingerprint density at radius 3 is 2.73 bits per heavy atom. The standard InChI is InChI=1S/C17H17N3O6/c1-24-14-6-7-16(25-2)15(9-14)19-17(21)11-26-18-10-12-4-3-5-13(8-12)20(22)23/h3-10H,11H2,1-2H3,(H,19,21)/b18-10-. The van der Waals surface area contributed by atoms with Gasteiger partial charge in [0.1, 0.15) is 11.5 Å². The number of rotatable bonds is 8. The van der Waals surface area contributed by atoms with Gasteiger partial charge in [-0.3, -0.25) is 14.9 Å². The van der Waals surface area contributed by atoms with Gasteiger partial charge in [0.2, 0.25) is 0 Å². The van der Waals surface area contributed by atoms with Gasteiger partial charge in [-0.2, -0.15) is 0 Å². The number of amides is 1. The van der Waals surface area contributed by atoms with Crippen LogP contribution < -0.4 is 14.8 Å². The highest BCUT2D eigenvalue weighted by Gasteiger charge is 2.09. The Morgan fingerprint density at radius 2 is 2.04 bits per heavy atom. The molecule has 0 aliphatic rings. The van der Waals surface area contributed by atoms with Crippen molar-refractivity contribution in [2.45, 2.75) is 0 Å². The third kappa shape index (κ3) is 5.20. The first kappa shape index (κ1) is 18.7. The molecule has 0 fully saturated rings. The maximum absolute atomic E-state index is 11.9. The zero-order chi connectivity index (χ0) is 18.9. The number of ether oxygens (including phenoxy) is 2. The number of methoxy groups -OCH3 is 2. The molecule has 136 valence electrons. The van der Waals surface area contributed by atoms with E-state index < -0.39 is 10.8 Å². The minimum absolute atomic E-state index is 0.0585. The predicted octanol–water partition coefficient (Wildman–Crippen LogP) is 2.60. The Balaban J connectivity index is 1.91. The number of nitro groups is 1. The number of nitro benzene ring substituents is 1. The molecule has 0 heterocycles. The van der Waals surface area contributed by atoms with Crippen LogP contribution in [0.15, 0.2) is 47.6 Å². The lowest BCUT2D eigenvalue weighted by Crippen LogP contribution is -2.17. The van der Waals surface area contributed by atoms with Gasteiger partial charge in [-0.05, 0) is 12.1 Å². The van der Waals surface area contributed by atoms with Crippen molar-refractivity contribution in [2.75, 3.05) is 26.1 Å². The summed E-state index contributed by atoms with van der Waals surface area (Å²) in [5, 5.41) is 17.0. The second-order valence-electron chi connectivity index (χ2n) is 4.97. The molecule has 0 saturated heterocycles. The second-order valence-corrected chi connectivity index (χ2v) is 4.97. The van der Waals surface area contributed by atoms with E-state index >= 15 is 0 Å². The molecule has 1 N–H and O–H groups in total. The number of hydrogen-bond donors (Lipinski definition) is 1. The van der Waals surface area contributed by atoms with Crippen LogP contribution >= 0.6 is 0 Å². The van der Waals surface area contributed by atoms with Gasteiger partial charge in [0, 0.05) is 23.8 Å². The summed E-state index contributed by atoms with van der Waals surface area (Å²) in [6.07, 6.45) is 1.28. The van der Waals surface area contributed by atoms with Crippen LogP contribution in [-0.2, 0) is 9.63 Å². The average Bonchev–Trinajstić information content (AvgIpc) is 2.65. The van der Waals surface area contributed by atoms with Gasteiger partial charge in [-0.25, -0.2) is 0 Å². The fourth-order valence-electron chi connectivity index (χ4n) is 2.01. The summed E-state index contributed by atoms with van der Waals surface area (Å²) in [6.45, 7) is -0.341. The molecule has 1 amide bonds. The van der Waals surface area contributed by atoms with Crippen LogP contribution in [0.2, 0.25) is 0 Å². The summed E-state index contributed by atoms with van der Waals surface area (Å²) < 4.78 is 10.3. The van der Waals surface area contributed by atoms with Gasteiger partial charge in [-0.15, -0.1) is 0 Å². The molecule has 26 heavy (non-hydrogen) atoms. The van der Waals surface area contributed by atoms with Gasteiger partial charge < -0.3 is 19.6 Å². The summed E-state index contributed by atoms with van der Waals surface area (Å²) in [5.41, 5.74) is 0.856. The van der Waals surface area contributed by atoms with E-state index in [0.717, 1.165) is 0 Å². The van der Waals surface area contributed by atoms with E-state index in [9.17, 15) is 14.9 Å².